The summed E-state index contributed by atoms with van der Waals surface area (Å²) in [5.41, 5.74) is 3.44. The van der Waals surface area contributed by atoms with Gasteiger partial charge in [0.1, 0.15) is 11.9 Å². The van der Waals surface area contributed by atoms with Crippen LogP contribution in [-0.4, -0.2) is 0 Å². The summed E-state index contributed by atoms with van der Waals surface area (Å²) in [7, 11) is 0. The Morgan fingerprint density at radius 3 is 2.95 bits per heavy atom. The van der Waals surface area contributed by atoms with Crippen LogP contribution in [0.5, 0.6) is 0 Å². The monoisotopic (exact) mass is 330 g/mol. The van der Waals surface area contributed by atoms with Gasteiger partial charge in [-0.25, -0.2) is 4.39 Å². The number of halogens is 2. The summed E-state index contributed by atoms with van der Waals surface area (Å²) in [4.78, 5) is 0. The molecule has 100 valence electrons. The standard InChI is InChI=1S/C16H12BrFN2/c17-14-3-1-2-13-12(14)5-7-16(13)20-11-4-6-15(18)10(8-11)9-19/h1-4,6,8,16,20H,5,7H2. The van der Waals surface area contributed by atoms with Gasteiger partial charge in [0.25, 0.3) is 0 Å². The molecule has 1 N–H and O–H groups in total. The lowest BCUT2D eigenvalue weighted by Gasteiger charge is -2.16. The highest BCUT2D eigenvalue weighted by Gasteiger charge is 2.23. The largest absolute Gasteiger partial charge is 0.378 e. The van der Waals surface area contributed by atoms with Gasteiger partial charge in [0, 0.05) is 10.2 Å². The van der Waals surface area contributed by atoms with Gasteiger partial charge in [-0.15, -0.1) is 0 Å². The zero-order chi connectivity index (χ0) is 14.1. The predicted octanol–water partition coefficient (Wildman–Crippen LogP) is 4.56. The topological polar surface area (TPSA) is 35.8 Å². The summed E-state index contributed by atoms with van der Waals surface area (Å²) in [6.07, 6.45) is 2.01. The number of hydrogen-bond donors (Lipinski definition) is 1. The van der Waals surface area contributed by atoms with Crippen molar-refractivity contribution in [1.82, 2.24) is 0 Å². The molecule has 1 unspecified atom stereocenters. The van der Waals surface area contributed by atoms with Gasteiger partial charge in [-0.3, -0.25) is 0 Å². The van der Waals surface area contributed by atoms with Crippen LogP contribution in [0.1, 0.15) is 29.2 Å². The highest BCUT2D eigenvalue weighted by Crippen LogP contribution is 2.37. The third-order valence-electron chi connectivity index (χ3n) is 3.64. The van der Waals surface area contributed by atoms with Gasteiger partial charge in [-0.2, -0.15) is 5.26 Å². The van der Waals surface area contributed by atoms with E-state index in [1.165, 1.54) is 17.2 Å². The van der Waals surface area contributed by atoms with Gasteiger partial charge in [-0.1, -0.05) is 28.1 Å². The molecular weight excluding hydrogens is 319 g/mol. The van der Waals surface area contributed by atoms with E-state index >= 15 is 0 Å². The maximum absolute atomic E-state index is 13.3. The molecule has 1 aliphatic rings. The lowest BCUT2D eigenvalue weighted by molar-refractivity contribution is 0.624. The molecule has 0 saturated heterocycles. The number of fused-ring (bicyclic) bond motifs is 1. The molecule has 1 aliphatic carbocycles. The zero-order valence-corrected chi connectivity index (χ0v) is 12.2. The first-order chi connectivity index (χ1) is 9.69. The van der Waals surface area contributed by atoms with Crippen molar-refractivity contribution in [3.63, 3.8) is 0 Å². The normalized spacial score (nSPS) is 16.6. The Hall–Kier alpha value is -1.86. The van der Waals surface area contributed by atoms with Crippen molar-refractivity contribution >= 4 is 21.6 Å². The molecule has 1 atom stereocenters. The fourth-order valence-electron chi connectivity index (χ4n) is 2.66. The molecule has 0 fully saturated rings. The molecule has 0 aliphatic heterocycles. The van der Waals surface area contributed by atoms with E-state index < -0.39 is 5.82 Å². The minimum absolute atomic E-state index is 0.0717. The van der Waals surface area contributed by atoms with E-state index in [2.05, 4.69) is 27.3 Å². The highest BCUT2D eigenvalue weighted by molar-refractivity contribution is 9.10. The van der Waals surface area contributed by atoms with Crippen LogP contribution in [-0.2, 0) is 6.42 Å². The van der Waals surface area contributed by atoms with E-state index in [1.54, 1.807) is 12.1 Å². The molecule has 2 aromatic carbocycles. The lowest BCUT2D eigenvalue weighted by atomic mass is 10.1. The fraction of sp³-hybridized carbons (Fsp3) is 0.188. The van der Waals surface area contributed by atoms with Crippen molar-refractivity contribution in [1.29, 1.82) is 5.26 Å². The highest BCUT2D eigenvalue weighted by atomic mass is 79.9. The zero-order valence-electron chi connectivity index (χ0n) is 10.7. The SMILES string of the molecule is N#Cc1cc(NC2CCc3c(Br)cccc32)ccc1F. The van der Waals surface area contributed by atoms with E-state index in [0.29, 0.717) is 0 Å². The molecule has 0 bridgehead atoms. The molecule has 2 aromatic rings. The van der Waals surface area contributed by atoms with Crippen LogP contribution in [0, 0.1) is 17.1 Å². The van der Waals surface area contributed by atoms with Gasteiger partial charge in [0.15, 0.2) is 0 Å². The Balaban J connectivity index is 1.88. The average Bonchev–Trinajstić information content (AvgIpc) is 2.86. The van der Waals surface area contributed by atoms with Crippen LogP contribution < -0.4 is 5.32 Å². The Bertz CT molecular complexity index is 706. The number of hydrogen-bond acceptors (Lipinski definition) is 2. The summed E-state index contributed by atoms with van der Waals surface area (Å²) in [5.74, 6) is -0.479. The van der Waals surface area contributed by atoms with Gasteiger partial charge in [0.05, 0.1) is 11.6 Å². The number of rotatable bonds is 2. The molecule has 4 heteroatoms. The molecule has 20 heavy (non-hydrogen) atoms. The number of anilines is 1. The third kappa shape index (κ3) is 2.30. The lowest BCUT2D eigenvalue weighted by Crippen LogP contribution is -2.07. The first-order valence-electron chi connectivity index (χ1n) is 6.42. The molecule has 0 heterocycles. The van der Waals surface area contributed by atoms with E-state index in [9.17, 15) is 4.39 Å². The average molecular weight is 331 g/mol. The Labute approximate surface area is 125 Å². The van der Waals surface area contributed by atoms with Gasteiger partial charge in [0.2, 0.25) is 0 Å². The smallest absolute Gasteiger partial charge is 0.141 e. The fourth-order valence-corrected chi connectivity index (χ4v) is 3.24. The predicted molar refractivity (Wildman–Crippen MR) is 79.9 cm³/mol. The molecule has 0 radical (unpaired) electrons. The Morgan fingerprint density at radius 2 is 2.15 bits per heavy atom. The molecule has 3 rings (SSSR count). The van der Waals surface area contributed by atoms with E-state index in [-0.39, 0.29) is 11.6 Å². The number of nitrogens with one attached hydrogen (secondary N) is 1. The molecule has 0 aromatic heterocycles. The number of nitrogens with zero attached hydrogens (tertiary/aromatic N) is 1. The molecule has 0 saturated carbocycles. The second-order valence-electron chi connectivity index (χ2n) is 4.85. The van der Waals surface area contributed by atoms with Crippen LogP contribution >= 0.6 is 15.9 Å². The molecule has 2 nitrogen and oxygen atoms in total. The maximum Gasteiger partial charge on any atom is 0.141 e. The van der Waals surface area contributed by atoms with Gasteiger partial charge < -0.3 is 5.32 Å². The second kappa shape index (κ2) is 5.26. The van der Waals surface area contributed by atoms with Crippen molar-refractivity contribution in [3.05, 3.63) is 63.4 Å². The van der Waals surface area contributed by atoms with Gasteiger partial charge >= 0.3 is 0 Å². The molecule has 0 amide bonds. The Morgan fingerprint density at radius 1 is 1.30 bits per heavy atom. The van der Waals surface area contributed by atoms with Crippen LogP contribution in [0.25, 0.3) is 0 Å². The quantitative estimate of drug-likeness (QED) is 0.876. The first kappa shape index (κ1) is 13.1. The molecule has 0 spiro atoms. The van der Waals surface area contributed by atoms with Crippen molar-refractivity contribution in [2.24, 2.45) is 0 Å². The van der Waals surface area contributed by atoms with Crippen molar-refractivity contribution in [3.8, 4) is 6.07 Å². The summed E-state index contributed by atoms with van der Waals surface area (Å²) in [6, 6.07) is 12.8. The summed E-state index contributed by atoms with van der Waals surface area (Å²) < 4.78 is 14.5. The van der Waals surface area contributed by atoms with Crippen molar-refractivity contribution in [2.75, 3.05) is 5.32 Å². The molecular formula is C16H12BrFN2. The van der Waals surface area contributed by atoms with Crippen molar-refractivity contribution in [2.45, 2.75) is 18.9 Å². The Kier molecular flexibility index (Phi) is 3.45. The summed E-state index contributed by atoms with van der Waals surface area (Å²) in [5, 5.41) is 12.3. The van der Waals surface area contributed by atoms with E-state index in [0.717, 1.165) is 23.0 Å². The number of benzene rings is 2. The van der Waals surface area contributed by atoms with Crippen LogP contribution in [0.3, 0.4) is 0 Å². The van der Waals surface area contributed by atoms with E-state index in [4.69, 9.17) is 5.26 Å². The van der Waals surface area contributed by atoms with Gasteiger partial charge in [-0.05, 0) is 48.2 Å². The first-order valence-corrected chi connectivity index (χ1v) is 7.22. The number of nitriles is 1. The minimum Gasteiger partial charge on any atom is -0.378 e. The van der Waals surface area contributed by atoms with Crippen LogP contribution in [0.15, 0.2) is 40.9 Å². The second-order valence-corrected chi connectivity index (χ2v) is 5.70. The van der Waals surface area contributed by atoms with E-state index in [1.807, 2.05) is 18.2 Å². The summed E-state index contributed by atoms with van der Waals surface area (Å²) >= 11 is 3.57. The third-order valence-corrected chi connectivity index (χ3v) is 4.38. The van der Waals surface area contributed by atoms with Crippen LogP contribution in [0.4, 0.5) is 10.1 Å². The summed E-state index contributed by atoms with van der Waals surface area (Å²) in [6.45, 7) is 0. The van der Waals surface area contributed by atoms with Crippen molar-refractivity contribution < 1.29 is 4.39 Å². The van der Waals surface area contributed by atoms with Crippen LogP contribution in [0.2, 0.25) is 0 Å². The minimum atomic E-state index is -0.479. The maximum atomic E-state index is 13.3.